The van der Waals surface area contributed by atoms with E-state index in [1.54, 1.807) is 6.07 Å². The molecule has 2 amide bonds. The first-order valence-electron chi connectivity index (χ1n) is 7.04. The third-order valence-electron chi connectivity index (χ3n) is 2.85. The van der Waals surface area contributed by atoms with Crippen molar-refractivity contribution in [3.63, 3.8) is 0 Å². The molecule has 0 fully saturated rings. The van der Waals surface area contributed by atoms with Crippen LogP contribution in [0.15, 0.2) is 18.2 Å². The number of amides is 2. The number of hydrogen-bond acceptors (Lipinski definition) is 3. The normalized spacial score (nSPS) is 10.5. The summed E-state index contributed by atoms with van der Waals surface area (Å²) in [6.07, 6.45) is 0.932. The van der Waals surface area contributed by atoms with Gasteiger partial charge in [-0.2, -0.15) is 0 Å². The van der Waals surface area contributed by atoms with Gasteiger partial charge in [0, 0.05) is 11.6 Å². The van der Waals surface area contributed by atoms with Crippen LogP contribution < -0.4 is 15.4 Å². The summed E-state index contributed by atoms with van der Waals surface area (Å²) in [5, 5.41) is 6.28. The van der Waals surface area contributed by atoms with Crippen LogP contribution >= 0.6 is 11.6 Å². The molecule has 6 heteroatoms. The number of aryl methyl sites for hydroxylation is 1. The fourth-order valence-corrected chi connectivity index (χ4v) is 1.82. The summed E-state index contributed by atoms with van der Waals surface area (Å²) in [7, 11) is 4.02. The average Bonchev–Trinajstić information content (AvgIpc) is 2.43. The molecule has 0 aliphatic carbocycles. The van der Waals surface area contributed by atoms with E-state index in [4.69, 9.17) is 16.3 Å². The molecule has 0 bridgehead atoms. The van der Waals surface area contributed by atoms with Gasteiger partial charge >= 0.3 is 6.03 Å². The van der Waals surface area contributed by atoms with E-state index in [1.807, 2.05) is 33.2 Å². The quantitative estimate of drug-likeness (QED) is 0.724. The Kier molecular flexibility index (Phi) is 7.93. The second-order valence-electron chi connectivity index (χ2n) is 5.10. The molecule has 2 N–H and O–H groups in total. The minimum atomic E-state index is -0.162. The van der Waals surface area contributed by atoms with E-state index in [0.717, 1.165) is 29.3 Å². The molecular formula is C15H24ClN3O2. The monoisotopic (exact) mass is 313 g/mol. The molecular weight excluding hydrogens is 290 g/mol. The van der Waals surface area contributed by atoms with Crippen molar-refractivity contribution < 1.29 is 9.53 Å². The Balaban J connectivity index is 2.10. The van der Waals surface area contributed by atoms with E-state index in [2.05, 4.69) is 15.5 Å². The highest BCUT2D eigenvalue weighted by Crippen LogP contribution is 2.20. The van der Waals surface area contributed by atoms with E-state index in [-0.39, 0.29) is 6.03 Å². The van der Waals surface area contributed by atoms with Crippen LogP contribution in [0.25, 0.3) is 0 Å². The molecule has 0 radical (unpaired) electrons. The lowest BCUT2D eigenvalue weighted by molar-refractivity contribution is 0.236. The van der Waals surface area contributed by atoms with Crippen molar-refractivity contribution in [1.29, 1.82) is 0 Å². The highest BCUT2D eigenvalue weighted by atomic mass is 35.5. The van der Waals surface area contributed by atoms with Crippen LogP contribution in [0.3, 0.4) is 0 Å². The maximum Gasteiger partial charge on any atom is 0.314 e. The van der Waals surface area contributed by atoms with Crippen molar-refractivity contribution in [2.45, 2.75) is 13.3 Å². The van der Waals surface area contributed by atoms with Gasteiger partial charge in [0.2, 0.25) is 0 Å². The number of hydrogen-bond donors (Lipinski definition) is 2. The number of carbonyl (C=O) groups excluding carboxylic acids is 1. The molecule has 1 aromatic carbocycles. The summed E-state index contributed by atoms with van der Waals surface area (Å²) in [5.74, 6) is 0.755. The highest BCUT2D eigenvalue weighted by Gasteiger charge is 2.01. The topological polar surface area (TPSA) is 53.6 Å². The van der Waals surface area contributed by atoms with Gasteiger partial charge in [0.25, 0.3) is 0 Å². The molecule has 0 heterocycles. The van der Waals surface area contributed by atoms with Crippen LogP contribution in [0.1, 0.15) is 12.0 Å². The zero-order valence-corrected chi connectivity index (χ0v) is 13.7. The van der Waals surface area contributed by atoms with Crippen molar-refractivity contribution in [2.75, 3.05) is 40.3 Å². The fraction of sp³-hybridized carbons (Fsp3) is 0.533. The van der Waals surface area contributed by atoms with Gasteiger partial charge in [-0.3, -0.25) is 0 Å². The average molecular weight is 314 g/mol. The van der Waals surface area contributed by atoms with Crippen molar-refractivity contribution >= 4 is 17.6 Å². The lowest BCUT2D eigenvalue weighted by Gasteiger charge is -2.11. The standard InChI is InChI=1S/C15H24ClN3O2/c1-12-11-13(5-6-14(12)16)21-10-8-18-15(20)17-7-4-9-19(2)3/h5-6,11H,4,7-10H2,1-3H3,(H2,17,18,20). The second kappa shape index (κ2) is 9.47. The van der Waals surface area contributed by atoms with E-state index >= 15 is 0 Å². The van der Waals surface area contributed by atoms with Gasteiger partial charge in [-0.1, -0.05) is 11.6 Å². The second-order valence-corrected chi connectivity index (χ2v) is 5.51. The zero-order chi connectivity index (χ0) is 15.7. The molecule has 0 saturated carbocycles. The predicted octanol–water partition coefficient (Wildman–Crippen LogP) is 2.28. The van der Waals surface area contributed by atoms with E-state index < -0.39 is 0 Å². The number of halogens is 1. The molecule has 0 aliphatic heterocycles. The van der Waals surface area contributed by atoms with E-state index in [9.17, 15) is 4.79 Å². The zero-order valence-electron chi connectivity index (χ0n) is 12.9. The number of ether oxygens (including phenoxy) is 1. The number of nitrogens with zero attached hydrogens (tertiary/aromatic N) is 1. The molecule has 5 nitrogen and oxygen atoms in total. The highest BCUT2D eigenvalue weighted by molar-refractivity contribution is 6.31. The minimum absolute atomic E-state index is 0.162. The Morgan fingerprint density at radius 2 is 2.00 bits per heavy atom. The van der Waals surface area contributed by atoms with Crippen molar-refractivity contribution in [3.8, 4) is 5.75 Å². The van der Waals surface area contributed by atoms with E-state index in [0.29, 0.717) is 19.7 Å². The SMILES string of the molecule is Cc1cc(OCCNC(=O)NCCCN(C)C)ccc1Cl. The van der Waals surface area contributed by atoms with Gasteiger partial charge < -0.3 is 20.3 Å². The first-order chi connectivity index (χ1) is 9.99. The Labute approximate surface area is 131 Å². The van der Waals surface area contributed by atoms with E-state index in [1.165, 1.54) is 0 Å². The first-order valence-corrected chi connectivity index (χ1v) is 7.42. The molecule has 0 unspecified atom stereocenters. The maximum absolute atomic E-state index is 11.5. The van der Waals surface area contributed by atoms with Gasteiger partial charge in [0.05, 0.1) is 6.54 Å². The Hall–Kier alpha value is -1.46. The molecule has 118 valence electrons. The largest absolute Gasteiger partial charge is 0.492 e. The number of benzene rings is 1. The number of nitrogens with one attached hydrogen (secondary N) is 2. The van der Waals surface area contributed by atoms with Gasteiger partial charge in [0.1, 0.15) is 12.4 Å². The van der Waals surface area contributed by atoms with Gasteiger partial charge in [-0.15, -0.1) is 0 Å². The molecule has 0 atom stereocenters. The van der Waals surface area contributed by atoms with Crippen LogP contribution in [-0.4, -0.2) is 51.3 Å². The smallest absolute Gasteiger partial charge is 0.314 e. The molecule has 21 heavy (non-hydrogen) atoms. The van der Waals surface area contributed by atoms with Crippen LogP contribution in [-0.2, 0) is 0 Å². The van der Waals surface area contributed by atoms with Crippen molar-refractivity contribution in [1.82, 2.24) is 15.5 Å². The maximum atomic E-state index is 11.5. The summed E-state index contributed by atoms with van der Waals surface area (Å²) in [6.45, 7) is 4.43. The number of carbonyl (C=O) groups is 1. The Morgan fingerprint density at radius 3 is 2.67 bits per heavy atom. The van der Waals surface area contributed by atoms with Gasteiger partial charge in [-0.05, 0) is 57.7 Å². The summed E-state index contributed by atoms with van der Waals surface area (Å²) in [6, 6.07) is 5.34. The van der Waals surface area contributed by atoms with Crippen LogP contribution in [0.2, 0.25) is 5.02 Å². The summed E-state index contributed by atoms with van der Waals surface area (Å²) in [5.41, 5.74) is 0.973. The van der Waals surface area contributed by atoms with Crippen LogP contribution in [0.4, 0.5) is 4.79 Å². The van der Waals surface area contributed by atoms with Crippen LogP contribution in [0, 0.1) is 6.92 Å². The molecule has 1 aromatic rings. The minimum Gasteiger partial charge on any atom is -0.492 e. The number of urea groups is 1. The third-order valence-corrected chi connectivity index (χ3v) is 3.28. The Bertz CT molecular complexity index is 453. The van der Waals surface area contributed by atoms with Crippen molar-refractivity contribution in [2.24, 2.45) is 0 Å². The molecule has 0 aliphatic rings. The first kappa shape index (κ1) is 17.6. The van der Waals surface area contributed by atoms with Gasteiger partial charge in [0.15, 0.2) is 0 Å². The fourth-order valence-electron chi connectivity index (χ4n) is 1.70. The summed E-state index contributed by atoms with van der Waals surface area (Å²) < 4.78 is 5.54. The number of rotatable bonds is 8. The molecule has 0 aromatic heterocycles. The lowest BCUT2D eigenvalue weighted by Crippen LogP contribution is -2.38. The molecule has 1 rings (SSSR count). The predicted molar refractivity (Wildman–Crippen MR) is 86.3 cm³/mol. The lowest BCUT2D eigenvalue weighted by atomic mass is 10.2. The Morgan fingerprint density at radius 1 is 1.29 bits per heavy atom. The van der Waals surface area contributed by atoms with Crippen LogP contribution in [0.5, 0.6) is 5.75 Å². The summed E-state index contributed by atoms with van der Waals surface area (Å²) in [4.78, 5) is 13.6. The van der Waals surface area contributed by atoms with Gasteiger partial charge in [-0.25, -0.2) is 4.79 Å². The van der Waals surface area contributed by atoms with Crippen molar-refractivity contribution in [3.05, 3.63) is 28.8 Å². The molecule has 0 spiro atoms. The molecule has 0 saturated heterocycles. The summed E-state index contributed by atoms with van der Waals surface area (Å²) >= 11 is 5.94. The third kappa shape index (κ3) is 7.78.